The van der Waals surface area contributed by atoms with Crippen molar-refractivity contribution in [2.24, 2.45) is 5.92 Å². The number of aromatic carboxylic acids is 1. The van der Waals surface area contributed by atoms with E-state index in [0.29, 0.717) is 22.7 Å². The Morgan fingerprint density at radius 2 is 2.37 bits per heavy atom. The van der Waals surface area contributed by atoms with E-state index in [4.69, 9.17) is 11.6 Å². The molecule has 1 fully saturated rings. The fourth-order valence-electron chi connectivity index (χ4n) is 2.97. The Balaban J connectivity index is 1.94. The van der Waals surface area contributed by atoms with Gasteiger partial charge < -0.3 is 5.11 Å². The first kappa shape index (κ1) is 11.0. The first-order valence-corrected chi connectivity index (χ1v) is 6.50. The van der Waals surface area contributed by atoms with Crippen molar-refractivity contribution in [1.29, 1.82) is 0 Å². The van der Waals surface area contributed by atoms with E-state index in [1.54, 1.807) is 23.0 Å². The van der Waals surface area contributed by atoms with Crippen LogP contribution in [0.1, 0.15) is 34.1 Å². The standard InChI is InChI=1S/C13H10ClN3O2/c14-7-1-2-15-10(5-7)17-12-8-3-6(8)4-9(12)11(16-17)13(18)19/h1-2,5-6,8H,3-4H2,(H,18,19)/t6?,8-/m0/s1. The lowest BCUT2D eigenvalue weighted by molar-refractivity contribution is 0.0688. The second-order valence-corrected chi connectivity index (χ2v) is 5.50. The smallest absolute Gasteiger partial charge is 0.356 e. The number of halogens is 1. The van der Waals surface area contributed by atoms with E-state index in [-0.39, 0.29) is 5.69 Å². The highest BCUT2D eigenvalue weighted by atomic mass is 35.5. The number of aromatic nitrogens is 3. The molecule has 5 nitrogen and oxygen atoms in total. The molecule has 0 spiro atoms. The normalized spacial score (nSPS) is 23.0. The molecule has 2 aliphatic carbocycles. The molecule has 2 aromatic heterocycles. The molecule has 2 aliphatic rings. The number of nitrogens with zero attached hydrogens (tertiary/aromatic N) is 3. The number of rotatable bonds is 2. The van der Waals surface area contributed by atoms with E-state index in [2.05, 4.69) is 10.1 Å². The molecule has 0 bridgehead atoms. The Hall–Kier alpha value is -1.88. The Morgan fingerprint density at radius 3 is 3.11 bits per heavy atom. The summed E-state index contributed by atoms with van der Waals surface area (Å²) in [7, 11) is 0. The molecule has 6 heteroatoms. The molecule has 2 atom stereocenters. The maximum Gasteiger partial charge on any atom is 0.356 e. The molecular formula is C13H10ClN3O2. The third-order valence-corrected chi connectivity index (χ3v) is 4.13. The summed E-state index contributed by atoms with van der Waals surface area (Å²) in [6.07, 6.45) is 3.55. The molecule has 96 valence electrons. The van der Waals surface area contributed by atoms with Gasteiger partial charge in [-0.25, -0.2) is 14.5 Å². The summed E-state index contributed by atoms with van der Waals surface area (Å²) in [5, 5.41) is 14.0. The Morgan fingerprint density at radius 1 is 1.53 bits per heavy atom. The van der Waals surface area contributed by atoms with Crippen LogP contribution in [0.2, 0.25) is 5.02 Å². The number of hydrogen-bond donors (Lipinski definition) is 1. The minimum absolute atomic E-state index is 0.156. The summed E-state index contributed by atoms with van der Waals surface area (Å²) < 4.78 is 1.66. The molecule has 2 heterocycles. The van der Waals surface area contributed by atoms with E-state index in [9.17, 15) is 9.90 Å². The maximum absolute atomic E-state index is 11.3. The molecule has 0 radical (unpaired) electrons. The highest BCUT2D eigenvalue weighted by molar-refractivity contribution is 6.30. The quantitative estimate of drug-likeness (QED) is 0.913. The molecule has 1 unspecified atom stereocenters. The Labute approximate surface area is 113 Å². The molecule has 0 aliphatic heterocycles. The van der Waals surface area contributed by atoms with Gasteiger partial charge in [0.15, 0.2) is 11.5 Å². The number of carbonyl (C=O) groups is 1. The van der Waals surface area contributed by atoms with Crippen LogP contribution in [0.3, 0.4) is 0 Å². The second kappa shape index (κ2) is 3.57. The molecule has 0 aromatic carbocycles. The molecular weight excluding hydrogens is 266 g/mol. The summed E-state index contributed by atoms with van der Waals surface area (Å²) in [6.45, 7) is 0. The zero-order chi connectivity index (χ0) is 13.1. The largest absolute Gasteiger partial charge is 0.476 e. The van der Waals surface area contributed by atoms with Gasteiger partial charge in [0, 0.05) is 28.8 Å². The predicted octanol–water partition coefficient (Wildman–Crippen LogP) is 2.28. The lowest BCUT2D eigenvalue weighted by atomic mass is 10.1. The zero-order valence-electron chi connectivity index (χ0n) is 9.88. The van der Waals surface area contributed by atoms with Gasteiger partial charge in [-0.15, -0.1) is 0 Å². The van der Waals surface area contributed by atoms with Gasteiger partial charge in [-0.3, -0.25) is 0 Å². The van der Waals surface area contributed by atoms with Crippen LogP contribution in [-0.2, 0) is 6.42 Å². The van der Waals surface area contributed by atoms with Gasteiger partial charge in [0.05, 0.1) is 5.69 Å². The second-order valence-electron chi connectivity index (χ2n) is 5.07. The molecule has 4 rings (SSSR count). The van der Waals surface area contributed by atoms with Gasteiger partial charge in [-0.2, -0.15) is 5.10 Å². The number of carboxylic acids is 1. The molecule has 0 saturated heterocycles. The number of pyridine rings is 1. The van der Waals surface area contributed by atoms with Crippen molar-refractivity contribution in [2.75, 3.05) is 0 Å². The van der Waals surface area contributed by atoms with E-state index < -0.39 is 5.97 Å². The third kappa shape index (κ3) is 1.51. The topological polar surface area (TPSA) is 68.0 Å². The first-order chi connectivity index (χ1) is 9.15. The average molecular weight is 276 g/mol. The summed E-state index contributed by atoms with van der Waals surface area (Å²) in [5.41, 5.74) is 2.04. The molecule has 19 heavy (non-hydrogen) atoms. The molecule has 2 aromatic rings. The van der Waals surface area contributed by atoms with Crippen molar-refractivity contribution in [3.8, 4) is 5.82 Å². The monoisotopic (exact) mass is 275 g/mol. The highest BCUT2D eigenvalue weighted by Gasteiger charge is 2.50. The number of carboxylic acid groups (broad SMARTS) is 1. The van der Waals surface area contributed by atoms with Crippen LogP contribution >= 0.6 is 11.6 Å². The maximum atomic E-state index is 11.3. The van der Waals surface area contributed by atoms with Crippen LogP contribution in [0.25, 0.3) is 5.82 Å². The summed E-state index contributed by atoms with van der Waals surface area (Å²) in [6, 6.07) is 3.39. The first-order valence-electron chi connectivity index (χ1n) is 6.12. The van der Waals surface area contributed by atoms with Gasteiger partial charge in [0.1, 0.15) is 0 Å². The minimum Gasteiger partial charge on any atom is -0.476 e. The Bertz CT molecular complexity index is 710. The number of hydrogen-bond acceptors (Lipinski definition) is 3. The fourth-order valence-corrected chi connectivity index (χ4v) is 3.13. The molecule has 1 N–H and O–H groups in total. The van der Waals surface area contributed by atoms with Gasteiger partial charge in [-0.05, 0) is 24.8 Å². The van der Waals surface area contributed by atoms with E-state index >= 15 is 0 Å². The average Bonchev–Trinajstić information content (AvgIpc) is 2.87. The van der Waals surface area contributed by atoms with Crippen LogP contribution in [-0.4, -0.2) is 25.8 Å². The molecule has 1 saturated carbocycles. The van der Waals surface area contributed by atoms with Crippen LogP contribution < -0.4 is 0 Å². The van der Waals surface area contributed by atoms with Gasteiger partial charge >= 0.3 is 5.97 Å². The van der Waals surface area contributed by atoms with Gasteiger partial charge in [-0.1, -0.05) is 11.6 Å². The van der Waals surface area contributed by atoms with Crippen molar-refractivity contribution in [2.45, 2.75) is 18.8 Å². The Kier molecular flexibility index (Phi) is 2.07. The van der Waals surface area contributed by atoms with Crippen molar-refractivity contribution >= 4 is 17.6 Å². The predicted molar refractivity (Wildman–Crippen MR) is 67.9 cm³/mol. The highest BCUT2D eigenvalue weighted by Crippen LogP contribution is 2.57. The van der Waals surface area contributed by atoms with Gasteiger partial charge in [0.2, 0.25) is 0 Å². The number of fused-ring (bicyclic) bond motifs is 3. The fraction of sp³-hybridized carbons (Fsp3) is 0.308. The lowest BCUT2D eigenvalue weighted by Crippen LogP contribution is -2.05. The van der Waals surface area contributed by atoms with Crippen LogP contribution in [0.5, 0.6) is 0 Å². The summed E-state index contributed by atoms with van der Waals surface area (Å²) in [4.78, 5) is 15.5. The third-order valence-electron chi connectivity index (χ3n) is 3.89. The van der Waals surface area contributed by atoms with Crippen LogP contribution in [0.4, 0.5) is 0 Å². The SMILES string of the molecule is O=C(O)c1nn(-c2cc(Cl)ccn2)c2c1CC1C[C@H]21. The lowest BCUT2D eigenvalue weighted by Gasteiger charge is -2.05. The van der Waals surface area contributed by atoms with Crippen molar-refractivity contribution in [3.63, 3.8) is 0 Å². The minimum atomic E-state index is -0.974. The van der Waals surface area contributed by atoms with E-state index in [1.807, 2.05) is 0 Å². The zero-order valence-corrected chi connectivity index (χ0v) is 10.6. The van der Waals surface area contributed by atoms with E-state index in [1.165, 1.54) is 0 Å². The molecule has 0 amide bonds. The van der Waals surface area contributed by atoms with Crippen molar-refractivity contribution < 1.29 is 9.90 Å². The van der Waals surface area contributed by atoms with E-state index in [0.717, 1.165) is 24.1 Å². The van der Waals surface area contributed by atoms with Crippen molar-refractivity contribution in [1.82, 2.24) is 14.8 Å². The van der Waals surface area contributed by atoms with Gasteiger partial charge in [0.25, 0.3) is 0 Å². The van der Waals surface area contributed by atoms with Crippen molar-refractivity contribution in [3.05, 3.63) is 40.3 Å². The van der Waals surface area contributed by atoms with Crippen LogP contribution in [0, 0.1) is 5.92 Å². The summed E-state index contributed by atoms with van der Waals surface area (Å²) in [5.74, 6) is 0.648. The summed E-state index contributed by atoms with van der Waals surface area (Å²) >= 11 is 5.96. The van der Waals surface area contributed by atoms with Crippen LogP contribution in [0.15, 0.2) is 18.3 Å².